The number of benzene rings is 1. The second kappa shape index (κ2) is 11.6. The number of rotatable bonds is 7. The molecule has 1 N–H and O–H groups in total. The van der Waals surface area contributed by atoms with E-state index in [1.165, 1.54) is 37.0 Å². The molecular weight excluding hydrogens is 488 g/mol. The van der Waals surface area contributed by atoms with E-state index < -0.39 is 5.97 Å². The lowest BCUT2D eigenvalue weighted by Gasteiger charge is -2.33. The summed E-state index contributed by atoms with van der Waals surface area (Å²) in [5.74, 6) is -0.142. The number of carbonyl (C=O) groups excluding carboxylic acids is 3. The third-order valence-corrected chi connectivity index (χ3v) is 7.84. The number of amides is 2. The second-order valence-corrected chi connectivity index (χ2v) is 10.7. The molecule has 194 valence electrons. The number of esters is 1. The standard InChI is InChI=1S/C28H32N4O4S/c1-17(2)32(27(34)20-7-5-18(3)6-8-20)23-15-24(37-25(23)28(35)36-4)19-9-11-21(12-10-19)31-26(33)22-16-29-13-14-30-22/h9-18,20H,5-8H2,1-4H3,(H,31,33). The molecule has 2 amide bonds. The van der Waals surface area contributed by atoms with Gasteiger partial charge in [0.15, 0.2) is 0 Å². The molecule has 1 saturated carbocycles. The lowest BCUT2D eigenvalue weighted by atomic mass is 9.82. The van der Waals surface area contributed by atoms with Gasteiger partial charge in [0.2, 0.25) is 5.91 Å². The largest absolute Gasteiger partial charge is 0.465 e. The Bertz CT molecular complexity index is 1250. The molecule has 1 aliphatic carbocycles. The number of aromatic nitrogens is 2. The Morgan fingerprint density at radius 1 is 1.08 bits per heavy atom. The van der Waals surface area contributed by atoms with E-state index in [2.05, 4.69) is 22.2 Å². The molecule has 2 aromatic heterocycles. The number of methoxy groups -OCH3 is 1. The molecule has 1 aliphatic rings. The first-order valence-corrected chi connectivity index (χ1v) is 13.3. The number of anilines is 2. The first-order chi connectivity index (χ1) is 17.8. The van der Waals surface area contributed by atoms with Gasteiger partial charge in [0.25, 0.3) is 5.91 Å². The Hall–Kier alpha value is -3.59. The zero-order valence-electron chi connectivity index (χ0n) is 21.6. The second-order valence-electron chi connectivity index (χ2n) is 9.70. The summed E-state index contributed by atoms with van der Waals surface area (Å²) in [6, 6.07) is 9.09. The molecule has 1 fully saturated rings. The summed E-state index contributed by atoms with van der Waals surface area (Å²) in [5, 5.41) is 2.80. The van der Waals surface area contributed by atoms with Crippen LogP contribution < -0.4 is 10.2 Å². The van der Waals surface area contributed by atoms with Gasteiger partial charge in [0, 0.05) is 34.9 Å². The highest BCUT2D eigenvalue weighted by Gasteiger charge is 2.33. The van der Waals surface area contributed by atoms with Crippen molar-refractivity contribution in [2.24, 2.45) is 11.8 Å². The zero-order valence-corrected chi connectivity index (χ0v) is 22.4. The number of thiophene rings is 1. The normalized spacial score (nSPS) is 17.3. The number of carbonyl (C=O) groups is 3. The van der Waals surface area contributed by atoms with Gasteiger partial charge in [0.1, 0.15) is 10.6 Å². The van der Waals surface area contributed by atoms with Crippen LogP contribution in [-0.4, -0.2) is 40.9 Å². The molecule has 0 saturated heterocycles. The van der Waals surface area contributed by atoms with Crippen LogP contribution in [0.2, 0.25) is 0 Å². The van der Waals surface area contributed by atoms with Crippen LogP contribution in [0.5, 0.6) is 0 Å². The molecule has 37 heavy (non-hydrogen) atoms. The molecule has 0 aliphatic heterocycles. The van der Waals surface area contributed by atoms with E-state index in [-0.39, 0.29) is 29.5 Å². The number of hydrogen-bond acceptors (Lipinski definition) is 7. The van der Waals surface area contributed by atoms with Gasteiger partial charge in [-0.05, 0) is 69.2 Å². The molecule has 0 radical (unpaired) electrons. The summed E-state index contributed by atoms with van der Waals surface area (Å²) in [6.07, 6.45) is 8.20. The minimum Gasteiger partial charge on any atom is -0.465 e. The smallest absolute Gasteiger partial charge is 0.350 e. The van der Waals surface area contributed by atoms with Gasteiger partial charge in [-0.3, -0.25) is 14.6 Å². The molecule has 4 rings (SSSR count). The molecule has 3 aromatic rings. The Labute approximate surface area is 221 Å². The van der Waals surface area contributed by atoms with E-state index in [1.54, 1.807) is 17.0 Å². The van der Waals surface area contributed by atoms with Crippen molar-refractivity contribution in [2.45, 2.75) is 52.5 Å². The average Bonchev–Trinajstić information content (AvgIpc) is 3.34. The predicted molar refractivity (Wildman–Crippen MR) is 145 cm³/mol. The fourth-order valence-electron chi connectivity index (χ4n) is 4.63. The lowest BCUT2D eigenvalue weighted by molar-refractivity contribution is -0.123. The molecular formula is C28H32N4O4S. The van der Waals surface area contributed by atoms with Gasteiger partial charge in [-0.25, -0.2) is 9.78 Å². The number of ether oxygens (including phenoxy) is 1. The topological polar surface area (TPSA) is 101 Å². The number of nitrogens with zero attached hydrogens (tertiary/aromatic N) is 3. The minimum atomic E-state index is -0.463. The summed E-state index contributed by atoms with van der Waals surface area (Å²) < 4.78 is 5.08. The molecule has 1 aromatic carbocycles. The molecule has 0 unspecified atom stereocenters. The van der Waals surface area contributed by atoms with Crippen molar-refractivity contribution in [3.63, 3.8) is 0 Å². The maximum Gasteiger partial charge on any atom is 0.350 e. The van der Waals surface area contributed by atoms with Crippen LogP contribution in [0.4, 0.5) is 11.4 Å². The van der Waals surface area contributed by atoms with Gasteiger partial charge < -0.3 is 15.0 Å². The van der Waals surface area contributed by atoms with Gasteiger partial charge in [-0.1, -0.05) is 19.1 Å². The first-order valence-electron chi connectivity index (χ1n) is 12.5. The Morgan fingerprint density at radius 2 is 1.78 bits per heavy atom. The summed E-state index contributed by atoms with van der Waals surface area (Å²) in [7, 11) is 1.35. The van der Waals surface area contributed by atoms with Crippen LogP contribution in [0.15, 0.2) is 48.9 Å². The summed E-state index contributed by atoms with van der Waals surface area (Å²) >= 11 is 1.30. The predicted octanol–water partition coefficient (Wildman–Crippen LogP) is 5.81. The summed E-state index contributed by atoms with van der Waals surface area (Å²) in [4.78, 5) is 49.7. The quantitative estimate of drug-likeness (QED) is 0.395. The highest BCUT2D eigenvalue weighted by molar-refractivity contribution is 7.18. The molecule has 8 nitrogen and oxygen atoms in total. The van der Waals surface area contributed by atoms with E-state index in [0.29, 0.717) is 22.2 Å². The van der Waals surface area contributed by atoms with Crippen molar-refractivity contribution in [2.75, 3.05) is 17.3 Å². The van der Waals surface area contributed by atoms with E-state index in [0.717, 1.165) is 36.1 Å². The summed E-state index contributed by atoms with van der Waals surface area (Å²) in [5.41, 5.74) is 2.28. The van der Waals surface area contributed by atoms with Crippen molar-refractivity contribution in [3.8, 4) is 10.4 Å². The van der Waals surface area contributed by atoms with Crippen molar-refractivity contribution < 1.29 is 19.1 Å². The van der Waals surface area contributed by atoms with E-state index >= 15 is 0 Å². The van der Waals surface area contributed by atoms with Crippen LogP contribution >= 0.6 is 11.3 Å². The molecule has 9 heteroatoms. The molecule has 2 heterocycles. The van der Waals surface area contributed by atoms with Crippen LogP contribution in [-0.2, 0) is 9.53 Å². The van der Waals surface area contributed by atoms with Crippen molar-refractivity contribution in [1.82, 2.24) is 9.97 Å². The fourth-order valence-corrected chi connectivity index (χ4v) is 5.70. The van der Waals surface area contributed by atoms with E-state index in [4.69, 9.17) is 4.74 Å². The Kier molecular flexibility index (Phi) is 8.33. The maximum atomic E-state index is 13.6. The average molecular weight is 521 g/mol. The first kappa shape index (κ1) is 26.5. The van der Waals surface area contributed by atoms with Gasteiger partial charge in [0.05, 0.1) is 19.0 Å². The third kappa shape index (κ3) is 6.05. The molecule has 0 spiro atoms. The Balaban J connectivity index is 1.61. The van der Waals surface area contributed by atoms with Crippen LogP contribution in [0.3, 0.4) is 0 Å². The van der Waals surface area contributed by atoms with Gasteiger partial charge in [-0.15, -0.1) is 11.3 Å². The van der Waals surface area contributed by atoms with Crippen molar-refractivity contribution in [1.29, 1.82) is 0 Å². The Morgan fingerprint density at radius 3 is 2.38 bits per heavy atom. The zero-order chi connectivity index (χ0) is 26.5. The SMILES string of the molecule is COC(=O)c1sc(-c2ccc(NC(=O)c3cnccn3)cc2)cc1N(C(=O)C1CCC(C)CC1)C(C)C. The van der Waals surface area contributed by atoms with Crippen LogP contribution in [0.25, 0.3) is 10.4 Å². The van der Waals surface area contributed by atoms with Crippen LogP contribution in [0.1, 0.15) is 66.6 Å². The van der Waals surface area contributed by atoms with Gasteiger partial charge in [-0.2, -0.15) is 0 Å². The monoisotopic (exact) mass is 520 g/mol. The lowest BCUT2D eigenvalue weighted by Crippen LogP contribution is -2.42. The highest BCUT2D eigenvalue weighted by Crippen LogP contribution is 2.40. The highest BCUT2D eigenvalue weighted by atomic mass is 32.1. The number of nitrogens with one attached hydrogen (secondary N) is 1. The van der Waals surface area contributed by atoms with Crippen molar-refractivity contribution in [3.05, 3.63) is 59.5 Å². The van der Waals surface area contributed by atoms with E-state index in [9.17, 15) is 14.4 Å². The fraction of sp³-hybridized carbons (Fsp3) is 0.393. The minimum absolute atomic E-state index is 0.0374. The van der Waals surface area contributed by atoms with Crippen molar-refractivity contribution >= 4 is 40.5 Å². The summed E-state index contributed by atoms with van der Waals surface area (Å²) in [6.45, 7) is 6.17. The molecule has 0 atom stereocenters. The van der Waals surface area contributed by atoms with Gasteiger partial charge >= 0.3 is 5.97 Å². The maximum absolute atomic E-state index is 13.6. The third-order valence-electron chi connectivity index (χ3n) is 6.68. The van der Waals surface area contributed by atoms with Crippen LogP contribution in [0, 0.1) is 11.8 Å². The molecule has 0 bridgehead atoms. The van der Waals surface area contributed by atoms with E-state index in [1.807, 2.05) is 32.0 Å². The number of hydrogen-bond donors (Lipinski definition) is 1.